The Morgan fingerprint density at radius 3 is 2.81 bits per heavy atom. The summed E-state index contributed by atoms with van der Waals surface area (Å²) in [6.45, 7) is 2.89. The molecular weight excluding hydrogens is 350 g/mol. The first-order valence-electron chi connectivity index (χ1n) is 8.88. The third-order valence-corrected chi connectivity index (χ3v) is 5.09. The number of benzene rings is 1. The van der Waals surface area contributed by atoms with Gasteiger partial charge in [-0.15, -0.1) is 0 Å². The summed E-state index contributed by atoms with van der Waals surface area (Å²) in [5.41, 5.74) is 0.715. The molecule has 0 N–H and O–H groups in total. The Kier molecular flexibility index (Phi) is 6.22. The Morgan fingerprint density at radius 1 is 1.19 bits per heavy atom. The Morgan fingerprint density at radius 2 is 2.04 bits per heavy atom. The average molecular weight is 373 g/mol. The van der Waals surface area contributed by atoms with Crippen LogP contribution in [0.4, 0.5) is 0 Å². The van der Waals surface area contributed by atoms with Crippen molar-refractivity contribution in [3.05, 3.63) is 45.0 Å². The average Bonchev–Trinajstić information content (AvgIpc) is 3.22. The lowest BCUT2D eigenvalue weighted by Crippen LogP contribution is -2.23. The molecule has 3 rings (SSSR count). The van der Waals surface area contributed by atoms with Crippen molar-refractivity contribution in [2.24, 2.45) is 0 Å². The van der Waals surface area contributed by atoms with Crippen LogP contribution in [-0.2, 0) is 0 Å². The summed E-state index contributed by atoms with van der Waals surface area (Å²) in [7, 11) is 1.62. The second kappa shape index (κ2) is 8.80. The monoisotopic (exact) mass is 373 g/mol. The van der Waals surface area contributed by atoms with Gasteiger partial charge in [0.15, 0.2) is 11.5 Å². The minimum Gasteiger partial charge on any atom is -0.493 e. The molecule has 138 valence electrons. The minimum absolute atomic E-state index is 0.158. The molecule has 26 heavy (non-hydrogen) atoms. The van der Waals surface area contributed by atoms with Crippen LogP contribution in [-0.4, -0.2) is 28.3 Å². The third-order valence-electron chi connectivity index (χ3n) is 4.11. The second-order valence-corrected chi connectivity index (χ2v) is 7.05. The number of unbranched alkanes of at least 4 members (excludes halogenated alkanes) is 4. The van der Waals surface area contributed by atoms with Gasteiger partial charge in [-0.2, -0.15) is 9.61 Å². The molecule has 0 spiro atoms. The quantitative estimate of drug-likeness (QED) is 0.539. The van der Waals surface area contributed by atoms with Crippen LogP contribution in [0.25, 0.3) is 11.0 Å². The summed E-state index contributed by atoms with van der Waals surface area (Å²) in [5.74, 6) is 1.39. The SMILES string of the molecule is CCCCCCCOc1ccc(/C=c2\sc3ncnn3c2=O)cc1OC. The van der Waals surface area contributed by atoms with Crippen molar-refractivity contribution in [3.63, 3.8) is 0 Å². The van der Waals surface area contributed by atoms with Crippen molar-refractivity contribution < 1.29 is 9.47 Å². The van der Waals surface area contributed by atoms with Gasteiger partial charge in [0, 0.05) is 0 Å². The van der Waals surface area contributed by atoms with Crippen molar-refractivity contribution >= 4 is 22.4 Å². The molecule has 1 aromatic carbocycles. The maximum absolute atomic E-state index is 12.2. The van der Waals surface area contributed by atoms with Gasteiger partial charge in [0.25, 0.3) is 5.56 Å². The Labute approximate surface area is 156 Å². The van der Waals surface area contributed by atoms with Gasteiger partial charge in [0.1, 0.15) is 6.33 Å². The number of hydrogen-bond donors (Lipinski definition) is 0. The summed E-state index contributed by atoms with van der Waals surface area (Å²) in [6.07, 6.45) is 9.19. The summed E-state index contributed by atoms with van der Waals surface area (Å²) < 4.78 is 13.2. The van der Waals surface area contributed by atoms with E-state index < -0.39 is 0 Å². The Hall–Kier alpha value is -2.41. The summed E-state index contributed by atoms with van der Waals surface area (Å²) in [6, 6.07) is 5.68. The second-order valence-electron chi connectivity index (χ2n) is 6.04. The molecule has 0 aliphatic carbocycles. The van der Waals surface area contributed by atoms with E-state index >= 15 is 0 Å². The molecule has 0 saturated heterocycles. The first kappa shape index (κ1) is 18.4. The normalized spacial score (nSPS) is 12.0. The first-order chi connectivity index (χ1) is 12.7. The standard InChI is InChI=1S/C19H23N3O3S/c1-3-4-5-6-7-10-25-15-9-8-14(11-16(15)24-2)12-17-18(23)22-19(26-17)20-13-21-22/h8-9,11-13H,3-7,10H2,1-2H3/b17-12-. The van der Waals surface area contributed by atoms with Crippen LogP contribution >= 0.6 is 11.3 Å². The van der Waals surface area contributed by atoms with Gasteiger partial charge >= 0.3 is 0 Å². The van der Waals surface area contributed by atoms with Crippen LogP contribution in [0.5, 0.6) is 11.5 Å². The van der Waals surface area contributed by atoms with Gasteiger partial charge in [-0.1, -0.05) is 50.0 Å². The molecule has 0 aliphatic heterocycles. The van der Waals surface area contributed by atoms with E-state index in [1.54, 1.807) is 7.11 Å². The van der Waals surface area contributed by atoms with E-state index in [0.29, 0.717) is 21.8 Å². The maximum Gasteiger partial charge on any atom is 0.291 e. The van der Waals surface area contributed by atoms with Crippen molar-refractivity contribution in [1.29, 1.82) is 0 Å². The number of aromatic nitrogens is 3. The zero-order valence-corrected chi connectivity index (χ0v) is 15.9. The highest BCUT2D eigenvalue weighted by Crippen LogP contribution is 2.28. The summed E-state index contributed by atoms with van der Waals surface area (Å²) in [5, 5.41) is 3.93. The van der Waals surface area contributed by atoms with Crippen molar-refractivity contribution in [1.82, 2.24) is 14.6 Å². The first-order valence-corrected chi connectivity index (χ1v) is 9.69. The predicted molar refractivity (Wildman–Crippen MR) is 103 cm³/mol. The van der Waals surface area contributed by atoms with Gasteiger partial charge in [0.2, 0.25) is 4.96 Å². The Bertz CT molecular complexity index is 964. The highest BCUT2D eigenvalue weighted by molar-refractivity contribution is 7.15. The minimum atomic E-state index is -0.158. The predicted octanol–water partition coefficient (Wildman–Crippen LogP) is 3.06. The summed E-state index contributed by atoms with van der Waals surface area (Å²) >= 11 is 1.32. The van der Waals surface area contributed by atoms with Crippen LogP contribution in [0.3, 0.4) is 0 Å². The highest BCUT2D eigenvalue weighted by atomic mass is 32.1. The van der Waals surface area contributed by atoms with E-state index in [0.717, 1.165) is 17.7 Å². The number of methoxy groups -OCH3 is 1. The van der Waals surface area contributed by atoms with Crippen molar-refractivity contribution in [2.45, 2.75) is 39.0 Å². The molecule has 0 radical (unpaired) electrons. The van der Waals surface area contributed by atoms with Crippen LogP contribution in [0, 0.1) is 0 Å². The fourth-order valence-electron chi connectivity index (χ4n) is 2.71. The van der Waals surface area contributed by atoms with E-state index in [1.165, 1.54) is 47.9 Å². The van der Waals surface area contributed by atoms with Gasteiger partial charge in [0.05, 0.1) is 18.2 Å². The van der Waals surface area contributed by atoms with E-state index in [4.69, 9.17) is 9.47 Å². The fraction of sp³-hybridized carbons (Fsp3) is 0.421. The fourth-order valence-corrected chi connectivity index (χ4v) is 3.59. The Balaban J connectivity index is 1.72. The lowest BCUT2D eigenvalue weighted by molar-refractivity contribution is 0.285. The van der Waals surface area contributed by atoms with Crippen LogP contribution in [0.1, 0.15) is 44.6 Å². The molecule has 0 amide bonds. The van der Waals surface area contributed by atoms with Crippen molar-refractivity contribution in [2.75, 3.05) is 13.7 Å². The van der Waals surface area contributed by atoms with Crippen LogP contribution < -0.4 is 19.6 Å². The van der Waals surface area contributed by atoms with E-state index in [9.17, 15) is 4.79 Å². The molecule has 0 saturated carbocycles. The number of nitrogens with zero attached hydrogens (tertiary/aromatic N) is 3. The molecule has 3 aromatic rings. The molecule has 2 heterocycles. The van der Waals surface area contributed by atoms with E-state index in [1.807, 2.05) is 24.3 Å². The topological polar surface area (TPSA) is 65.7 Å². The van der Waals surface area contributed by atoms with Gasteiger partial charge < -0.3 is 9.47 Å². The number of rotatable bonds is 9. The van der Waals surface area contributed by atoms with E-state index in [2.05, 4.69) is 17.0 Å². The van der Waals surface area contributed by atoms with Gasteiger partial charge in [-0.3, -0.25) is 4.79 Å². The molecule has 0 bridgehead atoms. The molecule has 2 aromatic heterocycles. The number of fused-ring (bicyclic) bond motifs is 1. The molecule has 6 nitrogen and oxygen atoms in total. The van der Waals surface area contributed by atoms with E-state index in [-0.39, 0.29) is 5.56 Å². The molecule has 0 unspecified atom stereocenters. The number of thiazole rings is 1. The molecule has 0 aliphatic rings. The lowest BCUT2D eigenvalue weighted by Gasteiger charge is -2.11. The summed E-state index contributed by atoms with van der Waals surface area (Å²) in [4.78, 5) is 16.9. The van der Waals surface area contributed by atoms with Gasteiger partial charge in [-0.25, -0.2) is 4.98 Å². The largest absolute Gasteiger partial charge is 0.493 e. The van der Waals surface area contributed by atoms with Gasteiger partial charge in [-0.05, 0) is 30.2 Å². The number of ether oxygens (including phenoxy) is 2. The molecule has 0 atom stereocenters. The number of hydrogen-bond acceptors (Lipinski definition) is 6. The zero-order chi connectivity index (χ0) is 18.4. The highest BCUT2D eigenvalue weighted by Gasteiger charge is 2.08. The zero-order valence-electron chi connectivity index (χ0n) is 15.1. The molecular formula is C19H23N3O3S. The van der Waals surface area contributed by atoms with Crippen LogP contribution in [0.2, 0.25) is 0 Å². The maximum atomic E-state index is 12.2. The third kappa shape index (κ3) is 4.22. The molecule has 7 heteroatoms. The van der Waals surface area contributed by atoms with Crippen molar-refractivity contribution in [3.8, 4) is 11.5 Å². The van der Waals surface area contributed by atoms with Crippen LogP contribution in [0.15, 0.2) is 29.3 Å². The smallest absolute Gasteiger partial charge is 0.291 e. The molecule has 0 fully saturated rings. The lowest BCUT2D eigenvalue weighted by atomic mass is 10.1.